The Morgan fingerprint density at radius 2 is 2.27 bits per heavy atom. The fraction of sp³-hybridized carbons (Fsp3) is 0.125. The molecule has 0 aliphatic rings. The molecule has 0 aromatic carbocycles. The molecule has 0 amide bonds. The second-order valence-corrected chi connectivity index (χ2v) is 5.34. The van der Waals surface area contributed by atoms with Crippen LogP contribution in [0.3, 0.4) is 0 Å². The van der Waals surface area contributed by atoms with Gasteiger partial charge in [0.25, 0.3) is 0 Å². The summed E-state index contributed by atoms with van der Waals surface area (Å²) in [5.41, 5.74) is 6.90. The minimum atomic E-state index is 0.785. The average Bonchev–Trinajstić information content (AvgIpc) is 2.77. The number of anilines is 1. The first-order valence-corrected chi connectivity index (χ1v) is 5.90. The molecule has 0 unspecified atom stereocenters. The average molecular weight is 237 g/mol. The van der Waals surface area contributed by atoms with E-state index in [1.807, 2.05) is 13.0 Å². The minimum absolute atomic E-state index is 0.785. The summed E-state index contributed by atoms with van der Waals surface area (Å²) in [6, 6.07) is 2.05. The summed E-state index contributed by atoms with van der Waals surface area (Å²) in [6.45, 7) is 2.03. The topological polar surface area (TPSA) is 69.1 Å². The highest BCUT2D eigenvalue weighted by atomic mass is 32.1. The summed E-state index contributed by atoms with van der Waals surface area (Å²) in [6.07, 6.45) is 1.59. The maximum atomic E-state index is 5.90. The summed E-state index contributed by atoms with van der Waals surface area (Å²) in [7, 11) is 0. The summed E-state index contributed by atoms with van der Waals surface area (Å²) in [5, 5.41) is 13.7. The molecule has 76 valence electrons. The van der Waals surface area contributed by atoms with E-state index in [9.17, 15) is 0 Å². The lowest BCUT2D eigenvalue weighted by molar-refractivity contribution is 0.960. The Morgan fingerprint density at radius 3 is 2.93 bits per heavy atom. The van der Waals surface area contributed by atoms with E-state index in [2.05, 4.69) is 15.3 Å². The van der Waals surface area contributed by atoms with Crippen molar-refractivity contribution in [1.82, 2.24) is 19.8 Å². The van der Waals surface area contributed by atoms with Crippen molar-refractivity contribution in [2.45, 2.75) is 6.92 Å². The molecule has 15 heavy (non-hydrogen) atoms. The van der Waals surface area contributed by atoms with Crippen molar-refractivity contribution >= 4 is 32.6 Å². The molecule has 3 aromatic rings. The lowest BCUT2D eigenvalue weighted by Gasteiger charge is -1.90. The Labute approximate surface area is 93.2 Å². The van der Waals surface area contributed by atoms with Gasteiger partial charge in [-0.15, -0.1) is 21.5 Å². The van der Waals surface area contributed by atoms with E-state index < -0.39 is 0 Å². The maximum Gasteiger partial charge on any atom is 0.234 e. The van der Waals surface area contributed by atoms with Crippen molar-refractivity contribution in [2.75, 3.05) is 5.73 Å². The molecule has 0 bridgehead atoms. The van der Waals surface area contributed by atoms with E-state index in [1.54, 1.807) is 22.2 Å². The number of rotatable bonds is 1. The third-order valence-corrected chi connectivity index (χ3v) is 3.83. The van der Waals surface area contributed by atoms with Crippen LogP contribution in [0.1, 0.15) is 4.88 Å². The van der Waals surface area contributed by atoms with Gasteiger partial charge in [-0.3, -0.25) is 0 Å². The molecule has 0 saturated heterocycles. The highest BCUT2D eigenvalue weighted by Gasteiger charge is 2.12. The monoisotopic (exact) mass is 237 g/mol. The number of nitrogen functional groups attached to an aromatic ring is 1. The zero-order chi connectivity index (χ0) is 10.4. The van der Waals surface area contributed by atoms with Crippen LogP contribution in [-0.4, -0.2) is 19.8 Å². The molecule has 2 N–H and O–H groups in total. The highest BCUT2D eigenvalue weighted by molar-refractivity contribution is 7.21. The quantitative estimate of drug-likeness (QED) is 0.700. The molecule has 0 fully saturated rings. The standard InChI is InChI=1S/C8H7N5S2/c1-4-2-5(6(9)14-4)7-12-13-3-10-11-8(13)15-7/h2-3H,9H2,1H3. The van der Waals surface area contributed by atoms with Crippen molar-refractivity contribution in [2.24, 2.45) is 0 Å². The van der Waals surface area contributed by atoms with Gasteiger partial charge in [0.2, 0.25) is 4.96 Å². The number of hydrogen-bond acceptors (Lipinski definition) is 6. The number of aromatic nitrogens is 4. The zero-order valence-electron chi connectivity index (χ0n) is 7.84. The number of thiophene rings is 1. The summed E-state index contributed by atoms with van der Waals surface area (Å²) in [4.78, 5) is 1.97. The van der Waals surface area contributed by atoms with Crippen LogP contribution in [0, 0.1) is 6.92 Å². The van der Waals surface area contributed by atoms with Gasteiger partial charge in [-0.2, -0.15) is 9.61 Å². The van der Waals surface area contributed by atoms with Crippen LogP contribution >= 0.6 is 22.7 Å². The Morgan fingerprint density at radius 1 is 1.40 bits per heavy atom. The SMILES string of the molecule is Cc1cc(-c2nn3cnnc3s2)c(N)s1. The Bertz CT molecular complexity index is 591. The van der Waals surface area contributed by atoms with Gasteiger partial charge in [0.15, 0.2) is 5.01 Å². The van der Waals surface area contributed by atoms with Gasteiger partial charge in [0.1, 0.15) is 6.33 Å². The van der Waals surface area contributed by atoms with Crippen molar-refractivity contribution < 1.29 is 0 Å². The van der Waals surface area contributed by atoms with Crippen LogP contribution in [0.2, 0.25) is 0 Å². The zero-order valence-corrected chi connectivity index (χ0v) is 9.47. The third kappa shape index (κ3) is 1.31. The molecule has 0 radical (unpaired) electrons. The predicted octanol–water partition coefficient (Wildman–Crippen LogP) is 1.80. The van der Waals surface area contributed by atoms with Crippen LogP contribution in [0.15, 0.2) is 12.4 Å². The van der Waals surface area contributed by atoms with E-state index in [0.29, 0.717) is 0 Å². The first-order chi connectivity index (χ1) is 7.24. The lowest BCUT2D eigenvalue weighted by atomic mass is 10.3. The van der Waals surface area contributed by atoms with E-state index in [4.69, 9.17) is 5.73 Å². The normalized spacial score (nSPS) is 11.3. The van der Waals surface area contributed by atoms with Crippen LogP contribution < -0.4 is 5.73 Å². The third-order valence-electron chi connectivity index (χ3n) is 2.00. The number of nitrogens with zero attached hydrogens (tertiary/aromatic N) is 4. The van der Waals surface area contributed by atoms with Crippen LogP contribution in [0.4, 0.5) is 5.00 Å². The van der Waals surface area contributed by atoms with E-state index >= 15 is 0 Å². The number of nitrogens with two attached hydrogens (primary N) is 1. The fourth-order valence-electron chi connectivity index (χ4n) is 1.37. The summed E-state index contributed by atoms with van der Waals surface area (Å²) in [5.74, 6) is 0. The molecule has 0 atom stereocenters. The lowest BCUT2D eigenvalue weighted by Crippen LogP contribution is -1.85. The molecule has 0 spiro atoms. The molecule has 0 aliphatic heterocycles. The Kier molecular flexibility index (Phi) is 1.77. The van der Waals surface area contributed by atoms with E-state index in [-0.39, 0.29) is 0 Å². The largest absolute Gasteiger partial charge is 0.390 e. The molecule has 3 rings (SSSR count). The summed E-state index contributed by atoms with van der Waals surface area (Å²) >= 11 is 3.07. The highest BCUT2D eigenvalue weighted by Crippen LogP contribution is 2.35. The number of aryl methyl sites for hydroxylation is 1. The molecule has 5 nitrogen and oxygen atoms in total. The molecule has 3 heterocycles. The van der Waals surface area contributed by atoms with E-state index in [1.165, 1.54) is 16.2 Å². The van der Waals surface area contributed by atoms with Crippen LogP contribution in [-0.2, 0) is 0 Å². The van der Waals surface area contributed by atoms with Gasteiger partial charge in [-0.05, 0) is 13.0 Å². The van der Waals surface area contributed by atoms with Crippen LogP contribution in [0.25, 0.3) is 15.5 Å². The second kappa shape index (κ2) is 3.01. The molecule has 0 saturated carbocycles. The predicted molar refractivity (Wildman–Crippen MR) is 61.1 cm³/mol. The summed E-state index contributed by atoms with van der Waals surface area (Å²) < 4.78 is 1.66. The fourth-order valence-corrected chi connectivity index (χ4v) is 3.07. The van der Waals surface area contributed by atoms with Gasteiger partial charge in [-0.1, -0.05) is 11.3 Å². The molecule has 7 heteroatoms. The van der Waals surface area contributed by atoms with E-state index in [0.717, 1.165) is 20.5 Å². The van der Waals surface area contributed by atoms with Gasteiger partial charge in [0.05, 0.1) is 5.00 Å². The first-order valence-electron chi connectivity index (χ1n) is 4.27. The Hall–Kier alpha value is -1.47. The van der Waals surface area contributed by atoms with Crippen molar-refractivity contribution in [1.29, 1.82) is 0 Å². The molecular formula is C8H7N5S2. The smallest absolute Gasteiger partial charge is 0.234 e. The van der Waals surface area contributed by atoms with Crippen LogP contribution in [0.5, 0.6) is 0 Å². The minimum Gasteiger partial charge on any atom is -0.390 e. The first kappa shape index (κ1) is 8.81. The molecule has 0 aliphatic carbocycles. The van der Waals surface area contributed by atoms with Gasteiger partial charge >= 0.3 is 0 Å². The van der Waals surface area contributed by atoms with Crippen molar-refractivity contribution in [3.8, 4) is 10.6 Å². The van der Waals surface area contributed by atoms with Gasteiger partial charge in [-0.25, -0.2) is 0 Å². The maximum absolute atomic E-state index is 5.90. The number of hydrogen-bond donors (Lipinski definition) is 1. The van der Waals surface area contributed by atoms with Crippen molar-refractivity contribution in [3.05, 3.63) is 17.3 Å². The van der Waals surface area contributed by atoms with Gasteiger partial charge in [0, 0.05) is 10.4 Å². The Balaban J connectivity index is 2.21. The second-order valence-electron chi connectivity index (χ2n) is 3.10. The molecule has 3 aromatic heterocycles. The molecular weight excluding hydrogens is 230 g/mol. The van der Waals surface area contributed by atoms with Crippen molar-refractivity contribution in [3.63, 3.8) is 0 Å². The number of fused-ring (bicyclic) bond motifs is 1. The van der Waals surface area contributed by atoms with Gasteiger partial charge < -0.3 is 5.73 Å².